The Morgan fingerprint density at radius 3 is 2.61 bits per heavy atom. The van der Waals surface area contributed by atoms with Crippen LogP contribution in [0.1, 0.15) is 36.6 Å². The molecule has 41 heavy (non-hydrogen) atoms. The Bertz CT molecular complexity index is 1640. The van der Waals surface area contributed by atoms with Crippen LogP contribution in [0.25, 0.3) is 22.1 Å². The number of ether oxygens (including phenoxy) is 1. The Morgan fingerprint density at radius 1 is 1.07 bits per heavy atom. The highest BCUT2D eigenvalue weighted by Gasteiger charge is 2.23. The van der Waals surface area contributed by atoms with Gasteiger partial charge in [-0.05, 0) is 47.5 Å². The van der Waals surface area contributed by atoms with Crippen molar-refractivity contribution in [3.05, 3.63) is 53.8 Å². The maximum Gasteiger partial charge on any atom is 0.357 e. The van der Waals surface area contributed by atoms with E-state index in [-0.39, 0.29) is 5.97 Å². The molecular formula is C26H30IN10O2PS. The van der Waals surface area contributed by atoms with Gasteiger partial charge in [0.05, 0.1) is 18.5 Å². The van der Waals surface area contributed by atoms with Crippen molar-refractivity contribution in [1.82, 2.24) is 34.2 Å². The maximum absolute atomic E-state index is 11.9. The van der Waals surface area contributed by atoms with Gasteiger partial charge >= 0.3 is 5.97 Å². The third kappa shape index (κ3) is 6.65. The summed E-state index contributed by atoms with van der Waals surface area (Å²) >= 11 is 3.75. The Hall–Kier alpha value is -3.23. The molecule has 0 bridgehead atoms. The van der Waals surface area contributed by atoms with E-state index in [1.54, 1.807) is 18.6 Å². The van der Waals surface area contributed by atoms with Crippen LogP contribution in [0.15, 0.2) is 42.3 Å². The van der Waals surface area contributed by atoms with E-state index in [9.17, 15) is 4.79 Å². The Balaban J connectivity index is 0.000000234. The van der Waals surface area contributed by atoms with Crippen molar-refractivity contribution in [2.24, 2.45) is 0 Å². The van der Waals surface area contributed by atoms with E-state index in [0.29, 0.717) is 30.0 Å². The van der Waals surface area contributed by atoms with Gasteiger partial charge in [-0.25, -0.2) is 34.7 Å². The van der Waals surface area contributed by atoms with Crippen molar-refractivity contribution >= 4 is 84.6 Å². The van der Waals surface area contributed by atoms with Gasteiger partial charge in [0.1, 0.15) is 24.3 Å². The van der Waals surface area contributed by atoms with Crippen LogP contribution in [0.5, 0.6) is 0 Å². The maximum atomic E-state index is 11.9. The average molecular weight is 705 g/mol. The minimum Gasteiger partial charge on any atom is -0.461 e. The average Bonchev–Trinajstić information content (AvgIpc) is 3.66. The zero-order chi connectivity index (χ0) is 28.8. The normalized spacial score (nSPS) is 13.6. The van der Waals surface area contributed by atoms with Gasteiger partial charge in [-0.1, -0.05) is 19.1 Å². The van der Waals surface area contributed by atoms with Crippen LogP contribution in [0.2, 0.25) is 0 Å². The molecule has 1 fully saturated rings. The molecule has 5 aromatic rings. The van der Waals surface area contributed by atoms with Gasteiger partial charge in [0.15, 0.2) is 27.8 Å². The van der Waals surface area contributed by atoms with Gasteiger partial charge < -0.3 is 20.3 Å². The molecule has 0 spiro atoms. The summed E-state index contributed by atoms with van der Waals surface area (Å²) in [6.45, 7) is 7.66. The first-order valence-electron chi connectivity index (χ1n) is 13.2. The van der Waals surface area contributed by atoms with E-state index in [1.807, 2.05) is 16.5 Å². The standard InChI is InChI=1S/C21H25N5O2S.C5H5IN5P/c1-3-7-18-22-16-9-6-5-8-15(16)19(24-18)25-10-12-26(13-11-25)21-23-17(14-29-21)20(27)28-4-2;6-12-11-2-10-3-4(7)8-1-9-5(3)11/h5-6,8-9,14H,3-4,7,10-13H2,1-2H3;1-2,12H,(H2,7,8,9). The van der Waals surface area contributed by atoms with Crippen LogP contribution in [-0.2, 0) is 11.2 Å². The number of benzene rings is 1. The number of rotatable bonds is 7. The van der Waals surface area contributed by atoms with E-state index in [0.717, 1.165) is 72.3 Å². The molecule has 1 unspecified atom stereocenters. The number of anilines is 3. The second-order valence-corrected chi connectivity index (χ2v) is 12.0. The van der Waals surface area contributed by atoms with E-state index < -0.39 is 0 Å². The summed E-state index contributed by atoms with van der Waals surface area (Å²) in [7, 11) is 0. The second kappa shape index (κ2) is 13.6. The zero-order valence-electron chi connectivity index (χ0n) is 22.7. The van der Waals surface area contributed by atoms with Crippen LogP contribution < -0.4 is 15.5 Å². The fourth-order valence-electron chi connectivity index (χ4n) is 4.42. The van der Waals surface area contributed by atoms with Crippen molar-refractivity contribution in [2.45, 2.75) is 26.7 Å². The highest BCUT2D eigenvalue weighted by molar-refractivity contribution is 14.2. The van der Waals surface area contributed by atoms with Gasteiger partial charge in [0.25, 0.3) is 0 Å². The molecule has 2 N–H and O–H groups in total. The predicted molar refractivity (Wildman–Crippen MR) is 173 cm³/mol. The summed E-state index contributed by atoms with van der Waals surface area (Å²) in [4.78, 5) is 42.5. The SMILES string of the molecule is CCCc1nc(N2CCN(c3nc(C(=O)OCC)cs3)CC2)c2ccccc2n1.Nc1ncnc2c1ncn2PI. The second-order valence-electron chi connectivity index (χ2n) is 9.07. The van der Waals surface area contributed by atoms with Gasteiger partial charge in [-0.2, -0.15) is 0 Å². The molecule has 4 aromatic heterocycles. The molecule has 5 heterocycles. The number of thiazole rings is 1. The number of nitrogen functional groups attached to an aromatic ring is 1. The van der Waals surface area contributed by atoms with Crippen LogP contribution in [-0.4, -0.2) is 73.0 Å². The highest BCUT2D eigenvalue weighted by atomic mass is 127. The number of halogens is 1. The molecule has 214 valence electrons. The Kier molecular flexibility index (Phi) is 9.72. The number of piperazine rings is 1. The first kappa shape index (κ1) is 29.3. The molecule has 1 atom stereocenters. The van der Waals surface area contributed by atoms with E-state index in [4.69, 9.17) is 20.4 Å². The van der Waals surface area contributed by atoms with Crippen LogP contribution in [0, 0.1) is 0 Å². The Labute approximate surface area is 256 Å². The molecule has 0 aliphatic carbocycles. The van der Waals surface area contributed by atoms with Crippen molar-refractivity contribution < 1.29 is 9.53 Å². The summed E-state index contributed by atoms with van der Waals surface area (Å²) in [5, 5.41) is 3.74. The van der Waals surface area contributed by atoms with Crippen LogP contribution in [0.3, 0.4) is 0 Å². The summed E-state index contributed by atoms with van der Waals surface area (Å²) in [5.74, 6) is 2.01. The summed E-state index contributed by atoms with van der Waals surface area (Å²) < 4.78 is 6.98. The Morgan fingerprint density at radius 2 is 1.85 bits per heavy atom. The minimum absolute atomic E-state index is 0.357. The van der Waals surface area contributed by atoms with E-state index in [1.165, 1.54) is 17.7 Å². The predicted octanol–water partition coefficient (Wildman–Crippen LogP) is 4.74. The molecule has 6 rings (SSSR count). The summed E-state index contributed by atoms with van der Waals surface area (Å²) in [5.41, 5.74) is 8.47. The lowest BCUT2D eigenvalue weighted by Gasteiger charge is -2.35. The fraction of sp³-hybridized carbons (Fsp3) is 0.346. The molecule has 1 aliphatic rings. The number of aryl methyl sites for hydroxylation is 1. The number of fused-ring (bicyclic) bond motifs is 2. The molecule has 15 heteroatoms. The molecule has 0 saturated carbocycles. The highest BCUT2D eigenvalue weighted by Crippen LogP contribution is 2.29. The van der Waals surface area contributed by atoms with Crippen molar-refractivity contribution in [3.63, 3.8) is 0 Å². The largest absolute Gasteiger partial charge is 0.461 e. The number of hydrogen-bond acceptors (Lipinski definition) is 12. The first-order valence-corrected chi connectivity index (χ1v) is 18.1. The third-order valence-electron chi connectivity index (χ3n) is 6.38. The molecule has 0 radical (unpaired) electrons. The van der Waals surface area contributed by atoms with E-state index >= 15 is 0 Å². The number of aromatic nitrogens is 7. The number of carbonyl (C=O) groups excluding carboxylic acids is 1. The molecule has 1 aliphatic heterocycles. The lowest BCUT2D eigenvalue weighted by atomic mass is 10.2. The first-order chi connectivity index (χ1) is 20.0. The number of nitrogens with zero attached hydrogens (tertiary/aromatic N) is 9. The van der Waals surface area contributed by atoms with Crippen LogP contribution in [0.4, 0.5) is 16.8 Å². The van der Waals surface area contributed by atoms with Gasteiger partial charge in [-0.3, -0.25) is 4.34 Å². The molecular weight excluding hydrogens is 674 g/mol. The molecule has 1 aromatic carbocycles. The van der Waals surface area contributed by atoms with Crippen molar-refractivity contribution in [1.29, 1.82) is 0 Å². The number of nitrogens with two attached hydrogens (primary N) is 1. The topological polar surface area (TPSA) is 141 Å². The smallest absolute Gasteiger partial charge is 0.357 e. The van der Waals surface area contributed by atoms with Crippen molar-refractivity contribution in [2.75, 3.05) is 48.3 Å². The molecule has 1 saturated heterocycles. The van der Waals surface area contributed by atoms with Crippen molar-refractivity contribution in [3.8, 4) is 0 Å². The molecule has 12 nitrogen and oxygen atoms in total. The number of esters is 1. The lowest BCUT2D eigenvalue weighted by Crippen LogP contribution is -2.47. The lowest BCUT2D eigenvalue weighted by molar-refractivity contribution is 0.0520. The number of para-hydroxylation sites is 1. The number of imidazole rings is 1. The number of carbonyl (C=O) groups is 1. The summed E-state index contributed by atoms with van der Waals surface area (Å²) in [6.07, 6.45) is 5.67. The monoisotopic (exact) mass is 704 g/mol. The minimum atomic E-state index is -0.357. The number of hydrogen-bond donors (Lipinski definition) is 1. The zero-order valence-corrected chi connectivity index (χ0v) is 26.7. The quantitative estimate of drug-likeness (QED) is 0.143. The van der Waals surface area contributed by atoms with Gasteiger partial charge in [0.2, 0.25) is 0 Å². The van der Waals surface area contributed by atoms with Gasteiger partial charge in [0, 0.05) is 43.4 Å². The third-order valence-corrected chi connectivity index (χ3v) is 9.35. The van der Waals surface area contributed by atoms with E-state index in [2.05, 4.69) is 70.8 Å². The summed E-state index contributed by atoms with van der Waals surface area (Å²) in [6, 6.07) is 8.22. The van der Waals surface area contributed by atoms with Gasteiger partial charge in [-0.15, -0.1) is 11.3 Å². The molecule has 0 amide bonds. The fourth-order valence-corrected chi connectivity index (χ4v) is 6.67. The van der Waals surface area contributed by atoms with Crippen LogP contribution >= 0.6 is 39.8 Å².